The summed E-state index contributed by atoms with van der Waals surface area (Å²) in [4.78, 5) is 2.60. The van der Waals surface area contributed by atoms with Crippen LogP contribution in [0.25, 0.3) is 0 Å². The van der Waals surface area contributed by atoms with Gasteiger partial charge in [0.05, 0.1) is 12.8 Å². The minimum Gasteiger partial charge on any atom is -0.468 e. The van der Waals surface area contributed by atoms with E-state index in [2.05, 4.69) is 50.9 Å². The van der Waals surface area contributed by atoms with Crippen LogP contribution in [0.4, 0.5) is 0 Å². The number of nitrogens with zero attached hydrogens (tertiary/aromatic N) is 1. The highest BCUT2D eigenvalue weighted by atomic mass is 16.3. The zero-order valence-electron chi connectivity index (χ0n) is 14.5. The zero-order valence-corrected chi connectivity index (χ0v) is 14.5. The van der Waals surface area contributed by atoms with Crippen molar-refractivity contribution in [3.8, 4) is 0 Å². The third kappa shape index (κ3) is 4.33. The van der Waals surface area contributed by atoms with Crippen LogP contribution in [-0.2, 0) is 13.1 Å². The summed E-state index contributed by atoms with van der Waals surface area (Å²) in [6.07, 6.45) is 5.76. The van der Waals surface area contributed by atoms with Gasteiger partial charge in [0.25, 0.3) is 0 Å². The summed E-state index contributed by atoms with van der Waals surface area (Å²) in [6.45, 7) is 15.5. The monoisotopic (exact) mass is 292 g/mol. The first-order valence-corrected chi connectivity index (χ1v) is 8.40. The van der Waals surface area contributed by atoms with Crippen molar-refractivity contribution >= 4 is 0 Å². The van der Waals surface area contributed by atoms with Crippen molar-refractivity contribution in [2.75, 3.05) is 13.1 Å². The van der Waals surface area contributed by atoms with Crippen molar-refractivity contribution in [3.63, 3.8) is 0 Å². The van der Waals surface area contributed by atoms with Gasteiger partial charge in [0.1, 0.15) is 5.76 Å². The fourth-order valence-electron chi connectivity index (χ4n) is 3.24. The summed E-state index contributed by atoms with van der Waals surface area (Å²) in [7, 11) is 0. The molecule has 1 aliphatic rings. The lowest BCUT2D eigenvalue weighted by molar-refractivity contribution is 0.235. The predicted octanol–water partition coefficient (Wildman–Crippen LogP) is 4.18. The molecule has 2 heterocycles. The fourth-order valence-corrected chi connectivity index (χ4v) is 3.24. The third-order valence-electron chi connectivity index (χ3n) is 5.03. The van der Waals surface area contributed by atoms with E-state index in [4.69, 9.17) is 4.42 Å². The Morgan fingerprint density at radius 3 is 2.57 bits per heavy atom. The van der Waals surface area contributed by atoms with E-state index in [1.807, 2.05) is 6.26 Å². The van der Waals surface area contributed by atoms with Crippen molar-refractivity contribution in [3.05, 3.63) is 23.7 Å². The van der Waals surface area contributed by atoms with Crippen LogP contribution >= 0.6 is 0 Å². The fraction of sp³-hybridized carbons (Fsp3) is 0.778. The van der Waals surface area contributed by atoms with Crippen LogP contribution in [0.2, 0.25) is 0 Å². The lowest BCUT2D eigenvalue weighted by Crippen LogP contribution is -2.35. The Balaban J connectivity index is 1.94. The first-order valence-electron chi connectivity index (χ1n) is 8.40. The molecule has 1 aliphatic heterocycles. The molecule has 1 aromatic rings. The van der Waals surface area contributed by atoms with E-state index in [1.54, 1.807) is 0 Å². The van der Waals surface area contributed by atoms with E-state index in [1.165, 1.54) is 37.9 Å². The lowest BCUT2D eigenvalue weighted by Gasteiger charge is -2.26. The van der Waals surface area contributed by atoms with E-state index in [9.17, 15) is 0 Å². The summed E-state index contributed by atoms with van der Waals surface area (Å²) in [5.74, 6) is 1.09. The normalized spacial score (nSPS) is 19.3. The summed E-state index contributed by atoms with van der Waals surface area (Å²) in [6, 6.07) is 2.14. The number of hydrogen-bond donors (Lipinski definition) is 1. The second-order valence-electron chi connectivity index (χ2n) is 7.64. The van der Waals surface area contributed by atoms with Gasteiger partial charge in [0, 0.05) is 24.2 Å². The van der Waals surface area contributed by atoms with Crippen molar-refractivity contribution in [1.82, 2.24) is 10.2 Å². The molecule has 1 N–H and O–H groups in total. The van der Waals surface area contributed by atoms with Gasteiger partial charge in [-0.2, -0.15) is 0 Å². The molecule has 0 saturated carbocycles. The molecule has 0 radical (unpaired) electrons. The molecule has 2 rings (SSSR count). The summed E-state index contributed by atoms with van der Waals surface area (Å²) in [5.41, 5.74) is 2.01. The minimum absolute atomic E-state index is 0.122. The van der Waals surface area contributed by atoms with Gasteiger partial charge in [-0.25, -0.2) is 0 Å². The molecule has 120 valence electrons. The average molecular weight is 292 g/mol. The van der Waals surface area contributed by atoms with Crippen molar-refractivity contribution in [1.29, 1.82) is 0 Å². The first kappa shape index (κ1) is 16.6. The largest absolute Gasteiger partial charge is 0.468 e. The van der Waals surface area contributed by atoms with Crippen LogP contribution in [0.1, 0.15) is 65.2 Å². The molecule has 21 heavy (non-hydrogen) atoms. The number of rotatable bonds is 6. The Morgan fingerprint density at radius 2 is 2.00 bits per heavy atom. The number of furan rings is 1. The van der Waals surface area contributed by atoms with Crippen LogP contribution < -0.4 is 5.32 Å². The van der Waals surface area contributed by atoms with E-state index in [-0.39, 0.29) is 5.54 Å². The molecule has 0 aliphatic carbocycles. The van der Waals surface area contributed by atoms with Gasteiger partial charge < -0.3 is 9.73 Å². The maximum Gasteiger partial charge on any atom is 0.122 e. The van der Waals surface area contributed by atoms with Gasteiger partial charge in [-0.05, 0) is 58.1 Å². The van der Waals surface area contributed by atoms with Gasteiger partial charge in [-0.1, -0.05) is 13.8 Å². The highest BCUT2D eigenvalue weighted by Gasteiger charge is 2.34. The van der Waals surface area contributed by atoms with E-state index in [0.717, 1.165) is 18.8 Å². The Bertz CT molecular complexity index is 440. The van der Waals surface area contributed by atoms with Gasteiger partial charge in [0.2, 0.25) is 0 Å². The maximum atomic E-state index is 5.69. The molecular formula is C18H32N2O. The van der Waals surface area contributed by atoms with Gasteiger partial charge in [0.15, 0.2) is 0 Å². The van der Waals surface area contributed by atoms with Crippen LogP contribution in [0, 0.1) is 5.41 Å². The van der Waals surface area contributed by atoms with Gasteiger partial charge in [-0.3, -0.25) is 4.90 Å². The Morgan fingerprint density at radius 1 is 1.29 bits per heavy atom. The predicted molar refractivity (Wildman–Crippen MR) is 88.2 cm³/mol. The summed E-state index contributed by atoms with van der Waals surface area (Å²) >= 11 is 0. The molecule has 0 bridgehead atoms. The second-order valence-corrected chi connectivity index (χ2v) is 7.64. The summed E-state index contributed by atoms with van der Waals surface area (Å²) < 4.78 is 5.69. The molecule has 1 fully saturated rings. The molecule has 0 aromatic carbocycles. The Hall–Kier alpha value is -0.800. The molecular weight excluding hydrogens is 260 g/mol. The van der Waals surface area contributed by atoms with E-state index >= 15 is 0 Å². The van der Waals surface area contributed by atoms with E-state index in [0.29, 0.717) is 5.41 Å². The molecule has 0 amide bonds. The Labute approximate surface area is 130 Å². The quantitative estimate of drug-likeness (QED) is 0.852. The second kappa shape index (κ2) is 6.53. The zero-order chi connectivity index (χ0) is 15.5. The highest BCUT2D eigenvalue weighted by Crippen LogP contribution is 2.37. The van der Waals surface area contributed by atoms with E-state index < -0.39 is 0 Å². The van der Waals surface area contributed by atoms with Crippen LogP contribution in [-0.4, -0.2) is 23.5 Å². The van der Waals surface area contributed by atoms with Gasteiger partial charge in [-0.15, -0.1) is 0 Å². The van der Waals surface area contributed by atoms with Crippen LogP contribution in [0.3, 0.4) is 0 Å². The first-order chi connectivity index (χ1) is 9.87. The molecule has 3 heteroatoms. The van der Waals surface area contributed by atoms with Crippen molar-refractivity contribution in [2.45, 2.75) is 72.5 Å². The number of nitrogens with one attached hydrogen (secondary N) is 1. The molecule has 0 spiro atoms. The SMILES string of the molecule is CCC1(CC)CCN(Cc2ccoc2CNC(C)(C)C)C1. The smallest absolute Gasteiger partial charge is 0.122 e. The van der Waals surface area contributed by atoms with Crippen LogP contribution in [0.15, 0.2) is 16.7 Å². The Kier molecular flexibility index (Phi) is 5.15. The van der Waals surface area contributed by atoms with Gasteiger partial charge >= 0.3 is 0 Å². The highest BCUT2D eigenvalue weighted by molar-refractivity contribution is 5.17. The average Bonchev–Trinajstić information content (AvgIpc) is 3.04. The molecule has 0 atom stereocenters. The topological polar surface area (TPSA) is 28.4 Å². The molecule has 0 unspecified atom stereocenters. The number of hydrogen-bond acceptors (Lipinski definition) is 3. The third-order valence-corrected chi connectivity index (χ3v) is 5.03. The summed E-state index contributed by atoms with van der Waals surface area (Å²) in [5, 5.41) is 3.52. The standard InChI is InChI=1S/C18H32N2O/c1-6-18(7-2)9-10-20(14-18)13-15-8-11-21-16(15)12-19-17(3,4)5/h8,11,19H,6-7,9-10,12-14H2,1-5H3. The number of likely N-dealkylation sites (tertiary alicyclic amines) is 1. The molecule has 3 nitrogen and oxygen atoms in total. The maximum absolute atomic E-state index is 5.69. The van der Waals surface area contributed by atoms with Crippen LogP contribution in [0.5, 0.6) is 0 Å². The minimum atomic E-state index is 0.122. The molecule has 1 aromatic heterocycles. The van der Waals surface area contributed by atoms with Crippen molar-refractivity contribution in [2.24, 2.45) is 5.41 Å². The molecule has 1 saturated heterocycles. The lowest BCUT2D eigenvalue weighted by atomic mass is 9.82. The van der Waals surface area contributed by atoms with Crippen molar-refractivity contribution < 1.29 is 4.42 Å².